The zero-order chi connectivity index (χ0) is 20.9. The number of nitriles is 1. The van der Waals surface area contributed by atoms with Crippen LogP contribution in [-0.4, -0.2) is 17.5 Å². The van der Waals surface area contributed by atoms with E-state index < -0.39 is 0 Å². The Bertz CT molecular complexity index is 1170. The van der Waals surface area contributed by atoms with Crippen LogP contribution in [0.5, 0.6) is 5.75 Å². The van der Waals surface area contributed by atoms with E-state index >= 15 is 0 Å². The second-order valence-electron chi connectivity index (χ2n) is 6.85. The normalized spacial score (nSPS) is 13.1. The molecule has 1 aliphatic heterocycles. The molecular formula is C25H19N3O2. The summed E-state index contributed by atoms with van der Waals surface area (Å²) in [6.07, 6.45) is 5.64. The maximum atomic E-state index is 11.2. The highest BCUT2D eigenvalue weighted by atomic mass is 16.5. The highest BCUT2D eigenvalue weighted by molar-refractivity contribution is 5.90. The van der Waals surface area contributed by atoms with Crippen LogP contribution < -0.4 is 9.64 Å². The quantitative estimate of drug-likeness (QED) is 0.595. The second kappa shape index (κ2) is 8.46. The van der Waals surface area contributed by atoms with Gasteiger partial charge in [-0.1, -0.05) is 36.4 Å². The molecule has 5 heteroatoms. The monoisotopic (exact) mass is 393 g/mol. The van der Waals surface area contributed by atoms with Crippen molar-refractivity contribution in [1.29, 1.82) is 5.26 Å². The third-order valence-electron chi connectivity index (χ3n) is 4.74. The number of hydrogen-bond acceptors (Lipinski definition) is 5. The van der Waals surface area contributed by atoms with Crippen LogP contribution in [0.25, 0.3) is 11.1 Å². The molecule has 0 radical (unpaired) electrons. The van der Waals surface area contributed by atoms with E-state index in [4.69, 9.17) is 4.74 Å². The Labute approximate surface area is 175 Å². The van der Waals surface area contributed by atoms with Crippen molar-refractivity contribution < 1.29 is 9.53 Å². The van der Waals surface area contributed by atoms with Crippen molar-refractivity contribution in [2.75, 3.05) is 11.4 Å². The van der Waals surface area contributed by atoms with Gasteiger partial charge in [-0.2, -0.15) is 5.26 Å². The molecule has 30 heavy (non-hydrogen) atoms. The number of para-hydroxylation sites is 1. The molecule has 0 saturated carbocycles. The SMILES string of the molecule is CC(=O)Oc1ccc(C2=CN(c3ccccc3)CC(c3ccccc3C#N)=C2)nc1. The zero-order valence-corrected chi connectivity index (χ0v) is 16.4. The summed E-state index contributed by atoms with van der Waals surface area (Å²) in [5, 5.41) is 9.56. The highest BCUT2D eigenvalue weighted by Gasteiger charge is 2.18. The van der Waals surface area contributed by atoms with E-state index in [1.54, 1.807) is 6.07 Å². The van der Waals surface area contributed by atoms with Crippen molar-refractivity contribution in [3.63, 3.8) is 0 Å². The number of rotatable bonds is 4. The molecule has 0 atom stereocenters. The van der Waals surface area contributed by atoms with E-state index in [0.717, 1.165) is 28.1 Å². The molecule has 4 rings (SSSR count). The van der Waals surface area contributed by atoms with Crippen LogP contribution in [0.15, 0.2) is 85.2 Å². The molecule has 2 heterocycles. The molecule has 1 aromatic heterocycles. The van der Waals surface area contributed by atoms with Gasteiger partial charge in [0.05, 0.1) is 23.5 Å². The summed E-state index contributed by atoms with van der Waals surface area (Å²) in [5.74, 6) is 0.0218. The van der Waals surface area contributed by atoms with Crippen LogP contribution in [0.1, 0.15) is 23.7 Å². The van der Waals surface area contributed by atoms with E-state index in [-0.39, 0.29) is 5.97 Å². The zero-order valence-electron chi connectivity index (χ0n) is 16.4. The third kappa shape index (κ3) is 4.13. The van der Waals surface area contributed by atoms with Gasteiger partial charge in [0, 0.05) is 30.9 Å². The number of carbonyl (C=O) groups excluding carboxylic acids is 1. The number of nitrogens with zero attached hydrogens (tertiary/aromatic N) is 3. The fraction of sp³-hybridized carbons (Fsp3) is 0.0800. The van der Waals surface area contributed by atoms with Crippen molar-refractivity contribution in [2.24, 2.45) is 0 Å². The van der Waals surface area contributed by atoms with Gasteiger partial charge >= 0.3 is 5.97 Å². The average Bonchev–Trinajstić information content (AvgIpc) is 2.79. The first kappa shape index (κ1) is 19.2. The molecule has 0 N–H and O–H groups in total. The van der Waals surface area contributed by atoms with E-state index in [1.165, 1.54) is 13.1 Å². The van der Waals surface area contributed by atoms with Gasteiger partial charge in [-0.15, -0.1) is 0 Å². The number of allylic oxidation sites excluding steroid dienone is 2. The number of aromatic nitrogens is 1. The predicted molar refractivity (Wildman–Crippen MR) is 116 cm³/mol. The maximum Gasteiger partial charge on any atom is 0.308 e. The molecule has 5 nitrogen and oxygen atoms in total. The summed E-state index contributed by atoms with van der Waals surface area (Å²) in [6.45, 7) is 1.99. The Kier molecular flexibility index (Phi) is 5.40. The number of pyridine rings is 1. The number of anilines is 1. The first-order valence-corrected chi connectivity index (χ1v) is 9.52. The van der Waals surface area contributed by atoms with Crippen LogP contribution in [0.4, 0.5) is 5.69 Å². The molecule has 0 saturated heterocycles. The van der Waals surface area contributed by atoms with Crippen molar-refractivity contribution >= 4 is 22.8 Å². The smallest absolute Gasteiger partial charge is 0.308 e. The second-order valence-corrected chi connectivity index (χ2v) is 6.85. The van der Waals surface area contributed by atoms with E-state index in [9.17, 15) is 10.1 Å². The molecule has 3 aromatic rings. The molecule has 0 bridgehead atoms. The topological polar surface area (TPSA) is 66.2 Å². The first-order chi connectivity index (χ1) is 14.6. The molecule has 0 aliphatic carbocycles. The summed E-state index contributed by atoms with van der Waals surface area (Å²) in [6, 6.07) is 23.5. The lowest BCUT2D eigenvalue weighted by Crippen LogP contribution is -2.22. The first-order valence-electron chi connectivity index (χ1n) is 9.52. The fourth-order valence-electron chi connectivity index (χ4n) is 3.39. The van der Waals surface area contributed by atoms with Gasteiger partial charge in [0.1, 0.15) is 5.75 Å². The lowest BCUT2D eigenvalue weighted by atomic mass is 9.95. The Hall–Kier alpha value is -4.17. The Morgan fingerprint density at radius 2 is 1.83 bits per heavy atom. The van der Waals surface area contributed by atoms with Crippen molar-refractivity contribution in [2.45, 2.75) is 6.92 Å². The standard InChI is InChI=1S/C25H19N3O2/c1-18(29)30-23-11-12-25(27-15-23)21-13-20(24-10-6-5-7-19(24)14-26)16-28(17-21)22-8-3-2-4-9-22/h2-13,15,17H,16H2,1H3. The number of ether oxygens (including phenoxy) is 1. The molecule has 0 spiro atoms. The van der Waals surface area contributed by atoms with Gasteiger partial charge in [0.25, 0.3) is 0 Å². The summed E-state index contributed by atoms with van der Waals surface area (Å²) in [4.78, 5) is 17.8. The van der Waals surface area contributed by atoms with Crippen LogP contribution in [0.2, 0.25) is 0 Å². The van der Waals surface area contributed by atoms with Gasteiger partial charge in [0.15, 0.2) is 0 Å². The Morgan fingerprint density at radius 1 is 1.07 bits per heavy atom. The lowest BCUT2D eigenvalue weighted by Gasteiger charge is -2.28. The van der Waals surface area contributed by atoms with Gasteiger partial charge in [-0.25, -0.2) is 0 Å². The summed E-state index contributed by atoms with van der Waals surface area (Å²) in [7, 11) is 0. The van der Waals surface area contributed by atoms with Crippen LogP contribution in [0.3, 0.4) is 0 Å². The minimum Gasteiger partial charge on any atom is -0.425 e. The van der Waals surface area contributed by atoms with Gasteiger partial charge < -0.3 is 9.64 Å². The van der Waals surface area contributed by atoms with Gasteiger partial charge in [-0.05, 0) is 47.5 Å². The molecular weight excluding hydrogens is 374 g/mol. The van der Waals surface area contributed by atoms with E-state index in [0.29, 0.717) is 17.9 Å². The number of carbonyl (C=O) groups is 1. The number of esters is 1. The molecule has 1 aliphatic rings. The lowest BCUT2D eigenvalue weighted by molar-refractivity contribution is -0.131. The summed E-state index contributed by atoms with van der Waals surface area (Å²) < 4.78 is 5.08. The predicted octanol–water partition coefficient (Wildman–Crippen LogP) is 4.82. The minimum absolute atomic E-state index is 0.382. The van der Waals surface area contributed by atoms with E-state index in [2.05, 4.69) is 22.0 Å². The van der Waals surface area contributed by atoms with Crippen LogP contribution in [-0.2, 0) is 4.79 Å². The molecule has 2 aromatic carbocycles. The molecule has 0 unspecified atom stereocenters. The third-order valence-corrected chi connectivity index (χ3v) is 4.74. The van der Waals surface area contributed by atoms with E-state index in [1.807, 2.05) is 66.9 Å². The minimum atomic E-state index is -0.382. The molecule has 146 valence electrons. The largest absolute Gasteiger partial charge is 0.425 e. The van der Waals surface area contributed by atoms with Crippen molar-refractivity contribution in [1.82, 2.24) is 4.98 Å². The van der Waals surface area contributed by atoms with Gasteiger partial charge in [-0.3, -0.25) is 9.78 Å². The molecule has 0 amide bonds. The molecule has 0 fully saturated rings. The van der Waals surface area contributed by atoms with Gasteiger partial charge in [0.2, 0.25) is 0 Å². The Balaban J connectivity index is 1.77. The maximum absolute atomic E-state index is 11.2. The summed E-state index contributed by atoms with van der Waals surface area (Å²) in [5.41, 5.74) is 5.27. The number of hydrogen-bond donors (Lipinski definition) is 0. The van der Waals surface area contributed by atoms with Crippen LogP contribution >= 0.6 is 0 Å². The Morgan fingerprint density at radius 3 is 2.53 bits per heavy atom. The van der Waals surface area contributed by atoms with Crippen molar-refractivity contribution in [3.8, 4) is 11.8 Å². The van der Waals surface area contributed by atoms with Crippen LogP contribution in [0, 0.1) is 11.3 Å². The van der Waals surface area contributed by atoms with Crippen molar-refractivity contribution in [3.05, 3.63) is 102 Å². The number of benzene rings is 2. The average molecular weight is 393 g/mol. The highest BCUT2D eigenvalue weighted by Crippen LogP contribution is 2.32. The fourth-order valence-corrected chi connectivity index (χ4v) is 3.39. The summed E-state index contributed by atoms with van der Waals surface area (Å²) >= 11 is 0.